The molecule has 25 heavy (non-hydrogen) atoms. The van der Waals surface area contributed by atoms with E-state index < -0.39 is 0 Å². The van der Waals surface area contributed by atoms with E-state index in [0.29, 0.717) is 17.8 Å². The first kappa shape index (κ1) is 16.8. The molecule has 0 fully saturated rings. The standard InChI is InChI=1S/C19H19N3O3/c1-11(2)9-15-17-18(21-22(15)12(3)23)16(24)10-14(19(17)25)20-13-7-5-4-6-8-13/h4-8,10-11,20H,9H2,1-3H3. The van der Waals surface area contributed by atoms with Crippen molar-refractivity contribution in [2.24, 2.45) is 5.92 Å². The summed E-state index contributed by atoms with van der Waals surface area (Å²) < 4.78 is 1.18. The fourth-order valence-electron chi connectivity index (χ4n) is 2.87. The molecule has 0 aliphatic heterocycles. The first-order chi connectivity index (χ1) is 11.9. The Bertz CT molecular complexity index is 892. The number of carbonyl (C=O) groups is 3. The third-order valence-corrected chi connectivity index (χ3v) is 3.91. The van der Waals surface area contributed by atoms with Crippen LogP contribution in [0.2, 0.25) is 0 Å². The molecule has 0 radical (unpaired) electrons. The summed E-state index contributed by atoms with van der Waals surface area (Å²) in [6.45, 7) is 5.34. The summed E-state index contributed by atoms with van der Waals surface area (Å²) in [5.41, 5.74) is 1.68. The van der Waals surface area contributed by atoms with Gasteiger partial charge >= 0.3 is 0 Å². The predicted molar refractivity (Wildman–Crippen MR) is 93.9 cm³/mol. The number of carbonyl (C=O) groups excluding carboxylic acids is 3. The molecule has 1 aromatic heterocycles. The molecule has 0 saturated heterocycles. The Morgan fingerprint density at radius 3 is 2.48 bits per heavy atom. The van der Waals surface area contributed by atoms with Gasteiger partial charge in [0.05, 0.1) is 17.0 Å². The van der Waals surface area contributed by atoms with Gasteiger partial charge in [0.25, 0.3) is 0 Å². The lowest BCUT2D eigenvalue weighted by atomic mass is 9.93. The average molecular weight is 337 g/mol. The van der Waals surface area contributed by atoms with Crippen molar-refractivity contribution >= 4 is 23.2 Å². The van der Waals surface area contributed by atoms with Crippen LogP contribution in [-0.4, -0.2) is 27.3 Å². The number of benzene rings is 1. The molecule has 6 nitrogen and oxygen atoms in total. The molecule has 0 unspecified atom stereocenters. The number of rotatable bonds is 4. The maximum atomic E-state index is 13.0. The molecule has 1 N–H and O–H groups in total. The van der Waals surface area contributed by atoms with Crippen molar-refractivity contribution in [1.82, 2.24) is 9.78 Å². The highest BCUT2D eigenvalue weighted by molar-refractivity contribution is 6.25. The van der Waals surface area contributed by atoms with Crippen LogP contribution >= 0.6 is 0 Å². The molecule has 2 aromatic rings. The van der Waals surface area contributed by atoms with E-state index in [2.05, 4.69) is 10.4 Å². The molecule has 0 atom stereocenters. The predicted octanol–water partition coefficient (Wildman–Crippen LogP) is 3.12. The minimum Gasteiger partial charge on any atom is -0.352 e. The van der Waals surface area contributed by atoms with E-state index in [1.807, 2.05) is 44.2 Å². The third kappa shape index (κ3) is 3.15. The minimum atomic E-state index is -0.377. The van der Waals surface area contributed by atoms with Gasteiger partial charge in [-0.25, -0.2) is 4.68 Å². The third-order valence-electron chi connectivity index (χ3n) is 3.91. The molecule has 1 aliphatic carbocycles. The zero-order valence-electron chi connectivity index (χ0n) is 14.4. The minimum absolute atomic E-state index is 0.0504. The van der Waals surface area contributed by atoms with Crippen LogP contribution in [0.4, 0.5) is 5.69 Å². The van der Waals surface area contributed by atoms with Crippen molar-refractivity contribution < 1.29 is 14.4 Å². The number of fused-ring (bicyclic) bond motifs is 1. The highest BCUT2D eigenvalue weighted by atomic mass is 16.2. The monoisotopic (exact) mass is 337 g/mol. The summed E-state index contributed by atoms with van der Waals surface area (Å²) in [5, 5.41) is 7.09. The van der Waals surface area contributed by atoms with Gasteiger partial charge in [0.1, 0.15) is 5.69 Å². The van der Waals surface area contributed by atoms with Crippen LogP contribution in [0, 0.1) is 5.92 Å². The molecule has 6 heteroatoms. The molecule has 1 aromatic carbocycles. The van der Waals surface area contributed by atoms with Crippen LogP contribution in [0.3, 0.4) is 0 Å². The van der Waals surface area contributed by atoms with Gasteiger partial charge in [0.2, 0.25) is 17.5 Å². The van der Waals surface area contributed by atoms with Crippen molar-refractivity contribution in [3.8, 4) is 0 Å². The first-order valence-electron chi connectivity index (χ1n) is 8.14. The Morgan fingerprint density at radius 2 is 1.88 bits per heavy atom. The molecule has 3 rings (SSSR count). The maximum Gasteiger partial charge on any atom is 0.244 e. The van der Waals surface area contributed by atoms with Gasteiger partial charge in [0, 0.05) is 18.7 Å². The maximum absolute atomic E-state index is 13.0. The zero-order valence-corrected chi connectivity index (χ0v) is 14.4. The summed E-state index contributed by atoms with van der Waals surface area (Å²) >= 11 is 0. The van der Waals surface area contributed by atoms with E-state index in [1.165, 1.54) is 17.7 Å². The topological polar surface area (TPSA) is 81.1 Å². The summed E-state index contributed by atoms with van der Waals surface area (Å²) in [6, 6.07) is 9.15. The van der Waals surface area contributed by atoms with Crippen molar-refractivity contribution in [1.29, 1.82) is 0 Å². The largest absolute Gasteiger partial charge is 0.352 e. The number of hydrogen-bond acceptors (Lipinski definition) is 5. The number of allylic oxidation sites excluding steroid dienone is 2. The quantitative estimate of drug-likeness (QED) is 0.927. The van der Waals surface area contributed by atoms with E-state index in [4.69, 9.17) is 0 Å². The highest BCUT2D eigenvalue weighted by Gasteiger charge is 2.34. The van der Waals surface area contributed by atoms with Gasteiger partial charge in [-0.3, -0.25) is 14.4 Å². The lowest BCUT2D eigenvalue weighted by Crippen LogP contribution is -2.22. The lowest BCUT2D eigenvalue weighted by molar-refractivity contribution is 0.0916. The van der Waals surface area contributed by atoms with E-state index in [1.54, 1.807) is 0 Å². The zero-order chi connectivity index (χ0) is 18.1. The number of nitrogens with zero attached hydrogens (tertiary/aromatic N) is 2. The van der Waals surface area contributed by atoms with Gasteiger partial charge in [-0.1, -0.05) is 32.0 Å². The second-order valence-electron chi connectivity index (χ2n) is 6.44. The number of aromatic nitrogens is 2. The van der Waals surface area contributed by atoms with Gasteiger partial charge in [-0.15, -0.1) is 0 Å². The van der Waals surface area contributed by atoms with Gasteiger partial charge < -0.3 is 5.32 Å². The molecular weight excluding hydrogens is 318 g/mol. The van der Waals surface area contributed by atoms with Crippen molar-refractivity contribution in [2.75, 3.05) is 5.32 Å². The van der Waals surface area contributed by atoms with Crippen LogP contribution in [0.1, 0.15) is 52.1 Å². The molecule has 1 aliphatic rings. The van der Waals surface area contributed by atoms with Gasteiger partial charge in [-0.05, 0) is 24.5 Å². The fraction of sp³-hybridized carbons (Fsp3) is 0.263. The van der Waals surface area contributed by atoms with Crippen LogP contribution in [0.25, 0.3) is 0 Å². The van der Waals surface area contributed by atoms with Crippen LogP contribution < -0.4 is 5.32 Å². The van der Waals surface area contributed by atoms with E-state index in [9.17, 15) is 14.4 Å². The normalized spacial score (nSPS) is 13.7. The Labute approximate surface area is 145 Å². The van der Waals surface area contributed by atoms with Gasteiger partial charge in [0.15, 0.2) is 0 Å². The lowest BCUT2D eigenvalue weighted by Gasteiger charge is -2.15. The van der Waals surface area contributed by atoms with E-state index in [0.717, 1.165) is 0 Å². The molecule has 1 heterocycles. The van der Waals surface area contributed by atoms with Crippen LogP contribution in [0.5, 0.6) is 0 Å². The number of anilines is 1. The summed E-state index contributed by atoms with van der Waals surface area (Å²) in [7, 11) is 0. The summed E-state index contributed by atoms with van der Waals surface area (Å²) in [4.78, 5) is 37.3. The molecule has 0 spiro atoms. The first-order valence-corrected chi connectivity index (χ1v) is 8.14. The van der Waals surface area contributed by atoms with Crippen LogP contribution in [0.15, 0.2) is 42.1 Å². The van der Waals surface area contributed by atoms with Crippen molar-refractivity contribution in [3.05, 3.63) is 59.1 Å². The average Bonchev–Trinajstić information content (AvgIpc) is 2.93. The fourth-order valence-corrected chi connectivity index (χ4v) is 2.87. The Hall–Kier alpha value is -3.02. The SMILES string of the molecule is CC(=O)n1nc2c(c1CC(C)C)C(=O)C(Nc1ccccc1)=CC2=O. The summed E-state index contributed by atoms with van der Waals surface area (Å²) in [6.07, 6.45) is 1.73. The number of ketones is 2. The highest BCUT2D eigenvalue weighted by Crippen LogP contribution is 2.27. The molecule has 0 bridgehead atoms. The number of nitrogens with one attached hydrogen (secondary N) is 1. The Morgan fingerprint density at radius 1 is 1.20 bits per heavy atom. The second kappa shape index (κ2) is 6.47. The number of para-hydroxylation sites is 1. The van der Waals surface area contributed by atoms with Crippen molar-refractivity contribution in [3.63, 3.8) is 0 Å². The van der Waals surface area contributed by atoms with E-state index in [-0.39, 0.29) is 40.3 Å². The Balaban J connectivity index is 2.06. The van der Waals surface area contributed by atoms with Gasteiger partial charge in [-0.2, -0.15) is 5.10 Å². The van der Waals surface area contributed by atoms with Crippen LogP contribution in [-0.2, 0) is 6.42 Å². The van der Waals surface area contributed by atoms with Crippen molar-refractivity contribution in [2.45, 2.75) is 27.2 Å². The molecule has 128 valence electrons. The van der Waals surface area contributed by atoms with E-state index >= 15 is 0 Å². The molecule has 0 amide bonds. The Kier molecular flexibility index (Phi) is 4.35. The summed E-state index contributed by atoms with van der Waals surface area (Å²) in [5.74, 6) is -0.805. The molecular formula is C19H19N3O3. The molecule has 0 saturated carbocycles. The number of hydrogen-bond donors (Lipinski definition) is 1. The smallest absolute Gasteiger partial charge is 0.244 e. The number of Topliss-reactive ketones (excluding diaryl/α,β-unsaturated/α-hetero) is 1. The second-order valence-corrected chi connectivity index (χ2v) is 6.44.